The number of rotatable bonds is 3. The topological polar surface area (TPSA) is 68.2 Å². The quantitative estimate of drug-likeness (QED) is 0.562. The van der Waals surface area contributed by atoms with Gasteiger partial charge in [-0.2, -0.15) is 5.10 Å². The molecule has 0 spiro atoms. The summed E-state index contributed by atoms with van der Waals surface area (Å²) >= 11 is 0. The molecule has 1 unspecified atom stereocenters. The van der Waals surface area contributed by atoms with Gasteiger partial charge in [-0.25, -0.2) is 14.3 Å². The van der Waals surface area contributed by atoms with E-state index < -0.39 is 0 Å². The first-order valence-electron chi connectivity index (χ1n) is 6.20. The highest BCUT2D eigenvalue weighted by atomic mass is 19.1. The highest BCUT2D eigenvalue weighted by Crippen LogP contribution is 2.25. The summed E-state index contributed by atoms with van der Waals surface area (Å²) in [5.74, 6) is 5.39. The lowest BCUT2D eigenvalue weighted by molar-refractivity contribution is 0.600. The zero-order valence-corrected chi connectivity index (χ0v) is 10.9. The second kappa shape index (κ2) is 4.99. The molecule has 3 aromatic rings. The van der Waals surface area contributed by atoms with Crippen molar-refractivity contribution in [3.05, 3.63) is 65.5 Å². The Morgan fingerprint density at radius 2 is 2.20 bits per heavy atom. The van der Waals surface area contributed by atoms with Gasteiger partial charge in [-0.3, -0.25) is 10.8 Å². The van der Waals surface area contributed by atoms with Crippen molar-refractivity contribution in [3.63, 3.8) is 0 Å². The standard InChI is InChI=1S/C14H14FN5/c1-9-2-3-10(6-12(9)15)14(19-16)11-7-18-20-5-4-17-8-13(11)20/h2-8,14,19H,16H2,1H3. The molecule has 3 rings (SSSR count). The van der Waals surface area contributed by atoms with Crippen LogP contribution in [0.1, 0.15) is 22.7 Å². The van der Waals surface area contributed by atoms with Gasteiger partial charge in [-0.15, -0.1) is 0 Å². The summed E-state index contributed by atoms with van der Waals surface area (Å²) in [4.78, 5) is 4.08. The minimum atomic E-state index is -0.341. The van der Waals surface area contributed by atoms with Crippen LogP contribution in [0.15, 0.2) is 43.0 Å². The molecule has 0 saturated carbocycles. The van der Waals surface area contributed by atoms with E-state index >= 15 is 0 Å². The van der Waals surface area contributed by atoms with Gasteiger partial charge in [0.05, 0.1) is 24.0 Å². The Kier molecular flexibility index (Phi) is 3.17. The van der Waals surface area contributed by atoms with Crippen LogP contribution in [-0.4, -0.2) is 14.6 Å². The first-order chi connectivity index (χ1) is 9.70. The molecule has 2 aromatic heterocycles. The summed E-state index contributed by atoms with van der Waals surface area (Å²) in [6, 6.07) is 4.73. The van der Waals surface area contributed by atoms with Crippen LogP contribution in [0.2, 0.25) is 0 Å². The smallest absolute Gasteiger partial charge is 0.126 e. The van der Waals surface area contributed by atoms with E-state index in [9.17, 15) is 4.39 Å². The Labute approximate surface area is 115 Å². The molecule has 3 N–H and O–H groups in total. The van der Waals surface area contributed by atoms with Gasteiger partial charge < -0.3 is 0 Å². The largest absolute Gasteiger partial charge is 0.271 e. The predicted octanol–water partition coefficient (Wildman–Crippen LogP) is 1.73. The van der Waals surface area contributed by atoms with E-state index in [1.807, 2.05) is 6.07 Å². The van der Waals surface area contributed by atoms with Crippen LogP contribution >= 0.6 is 0 Å². The molecule has 0 saturated heterocycles. The summed E-state index contributed by atoms with van der Waals surface area (Å²) in [7, 11) is 0. The highest BCUT2D eigenvalue weighted by Gasteiger charge is 2.18. The van der Waals surface area contributed by atoms with Crippen molar-refractivity contribution < 1.29 is 4.39 Å². The number of hydrogen-bond donors (Lipinski definition) is 2. The Morgan fingerprint density at radius 3 is 2.95 bits per heavy atom. The normalized spacial score (nSPS) is 12.8. The summed E-state index contributed by atoms with van der Waals surface area (Å²) < 4.78 is 15.4. The molecule has 0 aliphatic heterocycles. The molecule has 2 heterocycles. The number of benzene rings is 1. The molecule has 6 heteroatoms. The second-order valence-corrected chi connectivity index (χ2v) is 4.61. The van der Waals surface area contributed by atoms with Crippen LogP contribution < -0.4 is 11.3 Å². The van der Waals surface area contributed by atoms with Gasteiger partial charge in [-0.1, -0.05) is 12.1 Å². The molecule has 20 heavy (non-hydrogen) atoms. The summed E-state index contributed by atoms with van der Waals surface area (Å²) in [5.41, 5.74) is 5.74. The van der Waals surface area contributed by atoms with E-state index in [-0.39, 0.29) is 11.9 Å². The van der Waals surface area contributed by atoms with E-state index in [4.69, 9.17) is 5.84 Å². The number of nitrogens with two attached hydrogens (primary N) is 1. The molecule has 1 atom stereocenters. The average Bonchev–Trinajstić information content (AvgIpc) is 2.88. The maximum absolute atomic E-state index is 13.7. The van der Waals surface area contributed by atoms with Crippen LogP contribution in [0, 0.1) is 12.7 Å². The Balaban J connectivity index is 2.11. The van der Waals surface area contributed by atoms with Crippen LogP contribution in [0.25, 0.3) is 5.52 Å². The average molecular weight is 271 g/mol. The predicted molar refractivity (Wildman–Crippen MR) is 73.3 cm³/mol. The fourth-order valence-electron chi connectivity index (χ4n) is 2.23. The minimum absolute atomic E-state index is 0.252. The number of nitrogens with zero attached hydrogens (tertiary/aromatic N) is 3. The van der Waals surface area contributed by atoms with Crippen molar-refractivity contribution in [2.75, 3.05) is 0 Å². The maximum Gasteiger partial charge on any atom is 0.126 e. The molecular formula is C14H14FN5. The minimum Gasteiger partial charge on any atom is -0.271 e. The van der Waals surface area contributed by atoms with E-state index in [0.717, 1.165) is 16.6 Å². The first kappa shape index (κ1) is 12.7. The van der Waals surface area contributed by atoms with Crippen molar-refractivity contribution in [3.8, 4) is 0 Å². The Morgan fingerprint density at radius 1 is 1.35 bits per heavy atom. The lowest BCUT2D eigenvalue weighted by Crippen LogP contribution is -2.28. The molecule has 5 nitrogen and oxygen atoms in total. The summed E-state index contributed by atoms with van der Waals surface area (Å²) in [5, 5.41) is 4.24. The third-order valence-corrected chi connectivity index (χ3v) is 3.36. The highest BCUT2D eigenvalue weighted by molar-refractivity contribution is 5.55. The van der Waals surface area contributed by atoms with Gasteiger partial charge in [0.15, 0.2) is 0 Å². The van der Waals surface area contributed by atoms with E-state index in [0.29, 0.717) is 5.56 Å². The fraction of sp³-hybridized carbons (Fsp3) is 0.143. The molecular weight excluding hydrogens is 257 g/mol. The first-order valence-corrected chi connectivity index (χ1v) is 6.20. The zero-order chi connectivity index (χ0) is 14.1. The van der Waals surface area contributed by atoms with Crippen molar-refractivity contribution in [1.29, 1.82) is 0 Å². The molecule has 0 fully saturated rings. The lowest BCUT2D eigenvalue weighted by atomic mass is 9.99. The molecule has 1 aromatic carbocycles. The second-order valence-electron chi connectivity index (χ2n) is 4.61. The van der Waals surface area contributed by atoms with E-state index in [1.54, 1.807) is 42.3 Å². The fourth-order valence-corrected chi connectivity index (χ4v) is 2.23. The van der Waals surface area contributed by atoms with Crippen LogP contribution in [0.3, 0.4) is 0 Å². The lowest BCUT2D eigenvalue weighted by Gasteiger charge is -2.16. The van der Waals surface area contributed by atoms with Gasteiger partial charge >= 0.3 is 0 Å². The van der Waals surface area contributed by atoms with Crippen LogP contribution in [-0.2, 0) is 0 Å². The number of halogens is 1. The van der Waals surface area contributed by atoms with Crippen molar-refractivity contribution in [1.82, 2.24) is 20.0 Å². The number of aryl methyl sites for hydroxylation is 1. The van der Waals surface area contributed by atoms with Gasteiger partial charge in [0, 0.05) is 18.0 Å². The van der Waals surface area contributed by atoms with Gasteiger partial charge in [0.25, 0.3) is 0 Å². The Bertz CT molecular complexity index is 752. The number of hydrazine groups is 1. The van der Waals surface area contributed by atoms with Crippen LogP contribution in [0.4, 0.5) is 4.39 Å². The third-order valence-electron chi connectivity index (χ3n) is 3.36. The number of fused-ring (bicyclic) bond motifs is 1. The molecule has 0 aliphatic carbocycles. The number of hydrogen-bond acceptors (Lipinski definition) is 4. The molecule has 0 radical (unpaired) electrons. The zero-order valence-electron chi connectivity index (χ0n) is 10.9. The van der Waals surface area contributed by atoms with Crippen molar-refractivity contribution >= 4 is 5.52 Å². The van der Waals surface area contributed by atoms with Gasteiger partial charge in [0.2, 0.25) is 0 Å². The van der Waals surface area contributed by atoms with Gasteiger partial charge in [-0.05, 0) is 24.1 Å². The summed E-state index contributed by atoms with van der Waals surface area (Å²) in [6.07, 6.45) is 6.82. The maximum atomic E-state index is 13.7. The molecule has 0 bridgehead atoms. The van der Waals surface area contributed by atoms with E-state index in [1.165, 1.54) is 6.07 Å². The number of aromatic nitrogens is 3. The van der Waals surface area contributed by atoms with Crippen LogP contribution in [0.5, 0.6) is 0 Å². The van der Waals surface area contributed by atoms with Crippen molar-refractivity contribution in [2.24, 2.45) is 5.84 Å². The van der Waals surface area contributed by atoms with Crippen molar-refractivity contribution in [2.45, 2.75) is 13.0 Å². The molecule has 102 valence electrons. The van der Waals surface area contributed by atoms with E-state index in [2.05, 4.69) is 15.5 Å². The number of nitrogens with one attached hydrogen (secondary N) is 1. The summed E-state index contributed by atoms with van der Waals surface area (Å²) in [6.45, 7) is 1.73. The molecule has 0 amide bonds. The SMILES string of the molecule is Cc1ccc(C(NN)c2cnn3ccncc23)cc1F. The Hall–Kier alpha value is -2.31. The monoisotopic (exact) mass is 271 g/mol. The van der Waals surface area contributed by atoms with Gasteiger partial charge in [0.1, 0.15) is 5.82 Å². The molecule has 0 aliphatic rings. The third kappa shape index (κ3) is 2.04.